The van der Waals surface area contributed by atoms with Gasteiger partial charge in [0, 0.05) is 13.7 Å². The van der Waals surface area contributed by atoms with Gasteiger partial charge in [-0.05, 0) is 53.8 Å². The molecule has 3 aliphatic carbocycles. The van der Waals surface area contributed by atoms with E-state index in [1.165, 1.54) is 12.0 Å². The molecule has 242 valence electrons. The van der Waals surface area contributed by atoms with E-state index in [0.717, 1.165) is 32.1 Å². The van der Waals surface area contributed by atoms with E-state index in [2.05, 4.69) is 29.8 Å². The summed E-state index contributed by atoms with van der Waals surface area (Å²) in [7, 11) is 1.31. The summed E-state index contributed by atoms with van der Waals surface area (Å²) in [6.45, 7) is 8.59. The van der Waals surface area contributed by atoms with E-state index in [9.17, 15) is 29.1 Å². The minimum atomic E-state index is -1.41. The number of likely N-dealkylation sites (tertiary alicyclic amines) is 1. The first-order valence-corrected chi connectivity index (χ1v) is 15.4. The maximum atomic E-state index is 14.2. The van der Waals surface area contributed by atoms with Crippen LogP contribution in [0.25, 0.3) is 0 Å². The minimum absolute atomic E-state index is 0.0418. The van der Waals surface area contributed by atoms with E-state index in [1.807, 2.05) is 20.8 Å². The SMILES string of the molecule is COC(O)OC[C@@H](NC(=O)NC(C(=O)N1C[C@H]2[C@@H](C1C(=O)NC(CC1CC1)C(=O)C(N)=O)C2(C)C)C(C)(C)C)C1CCC1. The van der Waals surface area contributed by atoms with Crippen molar-refractivity contribution in [2.75, 3.05) is 20.3 Å². The number of aliphatic hydroxyl groups is 1. The molecule has 0 aromatic carbocycles. The maximum Gasteiger partial charge on any atom is 0.315 e. The smallest absolute Gasteiger partial charge is 0.315 e. The Balaban J connectivity index is 1.49. The van der Waals surface area contributed by atoms with E-state index >= 15 is 0 Å². The minimum Gasteiger partial charge on any atom is -0.363 e. The van der Waals surface area contributed by atoms with Crippen LogP contribution in [0, 0.1) is 34.5 Å². The van der Waals surface area contributed by atoms with Crippen molar-refractivity contribution in [1.82, 2.24) is 20.9 Å². The molecule has 1 aliphatic heterocycles. The van der Waals surface area contributed by atoms with Gasteiger partial charge in [-0.1, -0.05) is 53.9 Å². The van der Waals surface area contributed by atoms with Crippen LogP contribution in [0.3, 0.4) is 0 Å². The first-order chi connectivity index (χ1) is 20.1. The number of piperidine rings is 1. The van der Waals surface area contributed by atoms with Crippen LogP contribution >= 0.6 is 0 Å². The number of fused-ring (bicyclic) bond motifs is 1. The highest BCUT2D eigenvalue weighted by Crippen LogP contribution is 2.65. The number of carbonyl (C=O) groups excluding carboxylic acids is 5. The van der Waals surface area contributed by atoms with Crippen LogP contribution in [0.5, 0.6) is 0 Å². The molecule has 1 saturated heterocycles. The standard InChI is InChI=1S/C30H49N5O8/c1-29(2,3)23(34-27(40)33-19(16-8-7-9-16)14-43-28(41)42-6)26(39)35-13-17-20(30(17,4)5)21(35)25(38)32-18(12-15-10-11-15)22(36)24(31)37/h15-21,23,28,41H,7-14H2,1-6H3,(H2,31,37)(H,32,38)(H2,33,34,40)/t17-,18?,19+,20-,21?,23?,28?/m0/s1. The quantitative estimate of drug-likeness (QED) is 0.140. The number of ether oxygens (including phenoxy) is 2. The molecule has 5 amide bonds. The van der Waals surface area contributed by atoms with Gasteiger partial charge >= 0.3 is 6.03 Å². The van der Waals surface area contributed by atoms with Crippen molar-refractivity contribution in [3.05, 3.63) is 0 Å². The molecule has 13 heteroatoms. The number of carbonyl (C=O) groups is 5. The molecule has 4 rings (SSSR count). The van der Waals surface area contributed by atoms with E-state index < -0.39 is 59.6 Å². The van der Waals surface area contributed by atoms with Crippen molar-refractivity contribution in [3.8, 4) is 0 Å². The van der Waals surface area contributed by atoms with Crippen LogP contribution in [0.1, 0.15) is 73.1 Å². The number of primary amides is 1. The Bertz CT molecular complexity index is 1100. The van der Waals surface area contributed by atoms with Gasteiger partial charge in [0.15, 0.2) is 0 Å². The summed E-state index contributed by atoms with van der Waals surface area (Å²) in [4.78, 5) is 67.0. The lowest BCUT2D eigenvalue weighted by atomic mass is 9.80. The van der Waals surface area contributed by atoms with Gasteiger partial charge in [0.1, 0.15) is 12.1 Å². The number of ketones is 1. The third-order valence-electron chi connectivity index (χ3n) is 9.95. The van der Waals surface area contributed by atoms with Crippen LogP contribution in [-0.4, -0.2) is 90.4 Å². The van der Waals surface area contributed by atoms with Gasteiger partial charge in [0.25, 0.3) is 12.4 Å². The van der Waals surface area contributed by atoms with Crippen molar-refractivity contribution < 1.29 is 38.6 Å². The molecule has 13 nitrogen and oxygen atoms in total. The number of rotatable bonds is 14. The van der Waals surface area contributed by atoms with E-state index in [-0.39, 0.29) is 41.7 Å². The number of urea groups is 1. The summed E-state index contributed by atoms with van der Waals surface area (Å²) >= 11 is 0. The largest absolute Gasteiger partial charge is 0.363 e. The third-order valence-corrected chi connectivity index (χ3v) is 9.95. The molecule has 0 aromatic heterocycles. The second-order valence-corrected chi connectivity index (χ2v) is 14.4. The van der Waals surface area contributed by atoms with Gasteiger partial charge in [0.2, 0.25) is 17.6 Å². The topological polar surface area (TPSA) is 189 Å². The molecule has 43 heavy (non-hydrogen) atoms. The monoisotopic (exact) mass is 607 g/mol. The molecule has 0 aromatic rings. The lowest BCUT2D eigenvalue weighted by molar-refractivity contribution is -0.254. The average molecular weight is 608 g/mol. The Morgan fingerprint density at radius 3 is 2.21 bits per heavy atom. The van der Waals surface area contributed by atoms with Crippen LogP contribution in [0.15, 0.2) is 0 Å². The Hall–Kier alpha value is -2.77. The van der Waals surface area contributed by atoms with Crippen LogP contribution in [0.4, 0.5) is 4.79 Å². The third kappa shape index (κ3) is 7.49. The Morgan fingerprint density at radius 2 is 1.70 bits per heavy atom. The van der Waals surface area contributed by atoms with Gasteiger partial charge < -0.3 is 41.2 Å². The van der Waals surface area contributed by atoms with Crippen molar-refractivity contribution in [2.24, 2.45) is 40.2 Å². The summed E-state index contributed by atoms with van der Waals surface area (Å²) < 4.78 is 10.0. The second kappa shape index (κ2) is 12.7. The molecule has 1 heterocycles. The average Bonchev–Trinajstić information content (AvgIpc) is 3.74. The molecule has 0 spiro atoms. The molecule has 4 aliphatic rings. The molecular formula is C30H49N5O8. The normalized spacial score (nSPS) is 27.1. The summed E-state index contributed by atoms with van der Waals surface area (Å²) in [5, 5.41) is 18.2. The van der Waals surface area contributed by atoms with Crippen LogP contribution < -0.4 is 21.7 Å². The zero-order valence-electron chi connectivity index (χ0n) is 26.2. The lowest BCUT2D eigenvalue weighted by Crippen LogP contribution is -2.62. The molecule has 7 atom stereocenters. The van der Waals surface area contributed by atoms with Crippen molar-refractivity contribution in [2.45, 2.75) is 104 Å². The summed E-state index contributed by atoms with van der Waals surface area (Å²) in [6.07, 6.45) is 5.03. The number of aliphatic hydroxyl groups excluding tert-OH is 1. The number of methoxy groups -OCH3 is 1. The predicted octanol–water partition coefficient (Wildman–Crippen LogP) is 0.630. The Labute approximate surface area is 253 Å². The molecular weight excluding hydrogens is 558 g/mol. The highest BCUT2D eigenvalue weighted by Gasteiger charge is 2.70. The predicted molar refractivity (Wildman–Crippen MR) is 155 cm³/mol. The van der Waals surface area contributed by atoms with Gasteiger partial charge in [-0.15, -0.1) is 0 Å². The summed E-state index contributed by atoms with van der Waals surface area (Å²) in [5.41, 5.74) is 4.40. The molecule has 4 unspecified atom stereocenters. The first-order valence-electron chi connectivity index (χ1n) is 15.4. The number of hydrogen-bond acceptors (Lipinski definition) is 8. The van der Waals surface area contributed by atoms with E-state index in [4.69, 9.17) is 15.2 Å². The van der Waals surface area contributed by atoms with Crippen LogP contribution in [-0.2, 0) is 28.7 Å². The number of amides is 5. The molecule has 4 fully saturated rings. The Morgan fingerprint density at radius 1 is 1.05 bits per heavy atom. The highest BCUT2D eigenvalue weighted by atomic mass is 16.8. The number of nitrogens with zero attached hydrogens (tertiary/aromatic N) is 1. The number of Topliss-reactive ketones (excluding diaryl/α,β-unsaturated/α-hetero) is 1. The lowest BCUT2D eigenvalue weighted by Gasteiger charge is -2.39. The van der Waals surface area contributed by atoms with Crippen molar-refractivity contribution in [3.63, 3.8) is 0 Å². The van der Waals surface area contributed by atoms with Crippen LogP contribution in [0.2, 0.25) is 0 Å². The number of nitrogens with one attached hydrogen (secondary N) is 3. The summed E-state index contributed by atoms with van der Waals surface area (Å²) in [6, 6.07) is -3.79. The molecule has 3 saturated carbocycles. The van der Waals surface area contributed by atoms with Gasteiger partial charge in [-0.25, -0.2) is 4.79 Å². The fourth-order valence-electron chi connectivity index (χ4n) is 6.71. The molecule has 0 bridgehead atoms. The number of nitrogens with two attached hydrogens (primary N) is 1. The molecule has 0 radical (unpaired) electrons. The maximum absolute atomic E-state index is 14.2. The first kappa shape index (κ1) is 33.1. The van der Waals surface area contributed by atoms with Gasteiger partial charge in [-0.2, -0.15) is 0 Å². The van der Waals surface area contributed by atoms with E-state index in [0.29, 0.717) is 13.0 Å². The zero-order chi connectivity index (χ0) is 31.9. The van der Waals surface area contributed by atoms with Gasteiger partial charge in [0.05, 0.1) is 18.7 Å². The highest BCUT2D eigenvalue weighted by molar-refractivity contribution is 6.37. The fraction of sp³-hybridized carbons (Fsp3) is 0.833. The van der Waals surface area contributed by atoms with Crippen molar-refractivity contribution in [1.29, 1.82) is 0 Å². The number of hydrogen-bond donors (Lipinski definition) is 5. The van der Waals surface area contributed by atoms with Gasteiger partial charge in [-0.3, -0.25) is 19.2 Å². The fourth-order valence-corrected chi connectivity index (χ4v) is 6.71. The van der Waals surface area contributed by atoms with Crippen molar-refractivity contribution >= 4 is 29.5 Å². The Kier molecular flexibility index (Phi) is 9.77. The second-order valence-electron chi connectivity index (χ2n) is 14.4. The van der Waals surface area contributed by atoms with E-state index in [1.54, 1.807) is 0 Å². The summed E-state index contributed by atoms with van der Waals surface area (Å²) in [5.74, 6) is -2.42. The zero-order valence-corrected chi connectivity index (χ0v) is 26.2. The molecule has 6 N–H and O–H groups in total.